The Hall–Kier alpha value is -1.81. The molecule has 19 heavy (non-hydrogen) atoms. The summed E-state index contributed by atoms with van der Waals surface area (Å²) in [5.74, 6) is 1.40. The van der Waals surface area contributed by atoms with Crippen LogP contribution < -0.4 is 10.5 Å². The summed E-state index contributed by atoms with van der Waals surface area (Å²) >= 11 is 0. The predicted molar refractivity (Wildman–Crippen MR) is 78.7 cm³/mol. The first-order valence-corrected chi connectivity index (χ1v) is 7.50. The molecule has 100 valence electrons. The van der Waals surface area contributed by atoms with Gasteiger partial charge in [0.05, 0.1) is 22.3 Å². The first-order valence-electron chi connectivity index (χ1n) is 6.18. The Morgan fingerprint density at radius 3 is 2.42 bits per heavy atom. The van der Waals surface area contributed by atoms with E-state index in [1.165, 1.54) is 0 Å². The molecular weight excluding hydrogens is 258 g/mol. The minimum Gasteiger partial charge on any atom is -0.494 e. The van der Waals surface area contributed by atoms with Gasteiger partial charge in [-0.1, -0.05) is 30.3 Å². The van der Waals surface area contributed by atoms with Crippen LogP contribution in [0.3, 0.4) is 0 Å². The third kappa shape index (κ3) is 4.10. The van der Waals surface area contributed by atoms with Gasteiger partial charge < -0.3 is 10.5 Å². The topological polar surface area (TPSA) is 52.3 Å². The van der Waals surface area contributed by atoms with E-state index in [-0.39, 0.29) is 0 Å². The van der Waals surface area contributed by atoms with E-state index in [2.05, 4.69) is 0 Å². The van der Waals surface area contributed by atoms with Gasteiger partial charge in [-0.3, -0.25) is 4.21 Å². The molecule has 0 radical (unpaired) electrons. The molecule has 0 fully saturated rings. The Kier molecular flexibility index (Phi) is 4.98. The van der Waals surface area contributed by atoms with Crippen molar-refractivity contribution in [1.29, 1.82) is 0 Å². The maximum atomic E-state index is 12.1. The molecule has 2 N–H and O–H groups in total. The van der Waals surface area contributed by atoms with Crippen LogP contribution in [0.1, 0.15) is 6.42 Å². The summed E-state index contributed by atoms with van der Waals surface area (Å²) in [6.07, 6.45) is 0.732. The van der Waals surface area contributed by atoms with Crippen molar-refractivity contribution in [1.82, 2.24) is 0 Å². The minimum atomic E-state index is -1.06. The molecule has 0 heterocycles. The fourth-order valence-corrected chi connectivity index (χ4v) is 2.86. The highest BCUT2D eigenvalue weighted by Crippen LogP contribution is 2.16. The molecule has 0 saturated heterocycles. The Morgan fingerprint density at radius 1 is 1.00 bits per heavy atom. The van der Waals surface area contributed by atoms with Gasteiger partial charge in [0, 0.05) is 11.4 Å². The molecule has 0 aliphatic rings. The van der Waals surface area contributed by atoms with Crippen LogP contribution in [0, 0.1) is 0 Å². The Labute approximate surface area is 115 Å². The summed E-state index contributed by atoms with van der Waals surface area (Å²) < 4.78 is 17.6. The molecule has 2 rings (SSSR count). The maximum Gasteiger partial charge on any atom is 0.119 e. The second-order valence-corrected chi connectivity index (χ2v) is 5.64. The van der Waals surface area contributed by atoms with Crippen LogP contribution in [0.15, 0.2) is 59.5 Å². The van der Waals surface area contributed by atoms with Gasteiger partial charge in [0.25, 0.3) is 0 Å². The van der Waals surface area contributed by atoms with E-state index >= 15 is 0 Å². The third-order valence-corrected chi connectivity index (χ3v) is 4.17. The normalized spacial score (nSPS) is 12.0. The van der Waals surface area contributed by atoms with Gasteiger partial charge in [-0.05, 0) is 30.7 Å². The second-order valence-electron chi connectivity index (χ2n) is 4.10. The van der Waals surface area contributed by atoms with Crippen molar-refractivity contribution in [2.75, 3.05) is 18.1 Å². The fourth-order valence-electron chi connectivity index (χ4n) is 1.69. The molecule has 0 saturated carbocycles. The lowest BCUT2D eigenvalue weighted by Crippen LogP contribution is -2.06. The van der Waals surface area contributed by atoms with E-state index in [0.29, 0.717) is 22.9 Å². The predicted octanol–water partition coefficient (Wildman–Crippen LogP) is 2.85. The first-order chi connectivity index (χ1) is 9.27. The average Bonchev–Trinajstić information content (AvgIpc) is 2.45. The molecule has 4 heteroatoms. The number of nitrogen functional groups attached to an aromatic ring is 1. The van der Waals surface area contributed by atoms with Crippen molar-refractivity contribution in [3.05, 3.63) is 54.6 Å². The standard InChI is InChI=1S/C15H17NO2S/c16-14-9-4-5-10-15(14)19(17)12-6-11-18-13-7-2-1-3-8-13/h1-5,7-10H,6,11-12,16H2. The van der Waals surface area contributed by atoms with E-state index in [9.17, 15) is 4.21 Å². The zero-order valence-corrected chi connectivity index (χ0v) is 11.4. The Morgan fingerprint density at radius 2 is 1.68 bits per heavy atom. The van der Waals surface area contributed by atoms with E-state index in [1.54, 1.807) is 6.07 Å². The highest BCUT2D eigenvalue weighted by molar-refractivity contribution is 7.85. The van der Waals surface area contributed by atoms with Crippen LogP contribution in [0.25, 0.3) is 0 Å². The quantitative estimate of drug-likeness (QED) is 0.651. The van der Waals surface area contributed by atoms with Gasteiger partial charge in [-0.2, -0.15) is 0 Å². The monoisotopic (exact) mass is 275 g/mol. The van der Waals surface area contributed by atoms with Gasteiger partial charge in [0.2, 0.25) is 0 Å². The number of benzene rings is 2. The van der Waals surface area contributed by atoms with Gasteiger partial charge in [0.1, 0.15) is 5.75 Å². The summed E-state index contributed by atoms with van der Waals surface area (Å²) in [7, 11) is -1.06. The van der Waals surface area contributed by atoms with Crippen molar-refractivity contribution >= 4 is 16.5 Å². The minimum absolute atomic E-state index is 0.557. The molecule has 1 unspecified atom stereocenters. The summed E-state index contributed by atoms with van der Waals surface area (Å²) in [6.45, 7) is 0.558. The summed E-state index contributed by atoms with van der Waals surface area (Å²) in [4.78, 5) is 0.710. The smallest absolute Gasteiger partial charge is 0.119 e. The van der Waals surface area contributed by atoms with Crippen LogP contribution in [-0.4, -0.2) is 16.6 Å². The Balaban J connectivity index is 1.77. The number of anilines is 1. The fraction of sp³-hybridized carbons (Fsp3) is 0.200. The highest BCUT2D eigenvalue weighted by atomic mass is 32.2. The number of ether oxygens (including phenoxy) is 1. The molecule has 2 aromatic carbocycles. The zero-order chi connectivity index (χ0) is 13.5. The highest BCUT2D eigenvalue weighted by Gasteiger charge is 2.06. The first kappa shape index (κ1) is 13.6. The summed E-state index contributed by atoms with van der Waals surface area (Å²) in [5.41, 5.74) is 6.38. The zero-order valence-electron chi connectivity index (χ0n) is 10.6. The number of para-hydroxylation sites is 2. The van der Waals surface area contributed by atoms with Crippen molar-refractivity contribution in [3.8, 4) is 5.75 Å². The molecule has 0 aliphatic carbocycles. The van der Waals surface area contributed by atoms with Gasteiger partial charge >= 0.3 is 0 Å². The summed E-state index contributed by atoms with van der Waals surface area (Å²) in [5, 5.41) is 0. The second kappa shape index (κ2) is 6.95. The van der Waals surface area contributed by atoms with E-state index in [0.717, 1.165) is 12.2 Å². The van der Waals surface area contributed by atoms with Crippen LogP contribution in [-0.2, 0) is 10.8 Å². The van der Waals surface area contributed by atoms with Crippen LogP contribution >= 0.6 is 0 Å². The van der Waals surface area contributed by atoms with Gasteiger partial charge in [-0.25, -0.2) is 0 Å². The van der Waals surface area contributed by atoms with Crippen LogP contribution in [0.4, 0.5) is 5.69 Å². The number of hydrogen-bond donors (Lipinski definition) is 1. The third-order valence-electron chi connectivity index (χ3n) is 2.65. The van der Waals surface area contributed by atoms with E-state index in [1.807, 2.05) is 48.5 Å². The van der Waals surface area contributed by atoms with Crippen LogP contribution in [0.2, 0.25) is 0 Å². The number of rotatable bonds is 6. The molecule has 3 nitrogen and oxygen atoms in total. The lowest BCUT2D eigenvalue weighted by Gasteiger charge is -2.07. The van der Waals surface area contributed by atoms with Crippen molar-refractivity contribution in [2.24, 2.45) is 0 Å². The van der Waals surface area contributed by atoms with Crippen LogP contribution in [0.5, 0.6) is 5.75 Å². The average molecular weight is 275 g/mol. The number of nitrogens with two attached hydrogens (primary N) is 1. The lowest BCUT2D eigenvalue weighted by molar-refractivity contribution is 0.318. The molecule has 0 bridgehead atoms. The molecule has 2 aromatic rings. The van der Waals surface area contributed by atoms with Gasteiger partial charge in [-0.15, -0.1) is 0 Å². The maximum absolute atomic E-state index is 12.1. The SMILES string of the molecule is Nc1ccccc1S(=O)CCCOc1ccccc1. The molecule has 1 atom stereocenters. The Bertz CT molecular complexity index is 543. The molecular formula is C15H17NO2S. The van der Waals surface area contributed by atoms with E-state index in [4.69, 9.17) is 10.5 Å². The lowest BCUT2D eigenvalue weighted by atomic mass is 10.3. The van der Waals surface area contributed by atoms with Gasteiger partial charge in [0.15, 0.2) is 0 Å². The van der Waals surface area contributed by atoms with Crippen molar-refractivity contribution in [2.45, 2.75) is 11.3 Å². The largest absolute Gasteiger partial charge is 0.494 e. The van der Waals surface area contributed by atoms with Crippen molar-refractivity contribution < 1.29 is 8.95 Å². The molecule has 0 aromatic heterocycles. The van der Waals surface area contributed by atoms with Crippen molar-refractivity contribution in [3.63, 3.8) is 0 Å². The molecule has 0 amide bonds. The molecule has 0 spiro atoms. The summed E-state index contributed by atoms with van der Waals surface area (Å²) in [6, 6.07) is 16.9. The number of hydrogen-bond acceptors (Lipinski definition) is 3. The van der Waals surface area contributed by atoms with E-state index < -0.39 is 10.8 Å². The molecule has 0 aliphatic heterocycles.